The topological polar surface area (TPSA) is 108 Å². The molecule has 6 nitrogen and oxygen atoms in total. The van der Waals surface area contributed by atoms with Gasteiger partial charge in [0.05, 0.1) is 0 Å². The maximum atomic E-state index is 10.6. The van der Waals surface area contributed by atoms with Crippen molar-refractivity contribution >= 4 is 10.4 Å². The first-order chi connectivity index (χ1) is 8.07. The molecule has 0 aliphatic rings. The van der Waals surface area contributed by atoms with E-state index in [1.807, 2.05) is 20.8 Å². The van der Waals surface area contributed by atoms with Crippen molar-refractivity contribution in [3.05, 3.63) is 29.8 Å². The summed E-state index contributed by atoms with van der Waals surface area (Å²) in [5, 5.41) is 0. The molecule has 19 heavy (non-hydrogen) atoms. The van der Waals surface area contributed by atoms with E-state index in [2.05, 4.69) is 4.18 Å². The van der Waals surface area contributed by atoms with Crippen molar-refractivity contribution < 1.29 is 21.9 Å². The van der Waals surface area contributed by atoms with Crippen molar-refractivity contribution in [3.63, 3.8) is 0 Å². The van der Waals surface area contributed by atoms with E-state index in [-0.39, 0.29) is 11.8 Å². The first-order valence-corrected chi connectivity index (χ1v) is 6.88. The second-order valence-electron chi connectivity index (χ2n) is 4.95. The standard InChI is InChI=1S/C12H18O5S.H3N/c1-9(17-18(13,14)15)10-5-7-11(8-6-10)16-12(2,3)4;/h5-9H,1-4H3,(H,13,14,15);1H3. The molecule has 0 aromatic heterocycles. The Hall–Kier alpha value is -1.15. The summed E-state index contributed by atoms with van der Waals surface area (Å²) in [6, 6.07) is 6.84. The Morgan fingerprint density at radius 1 is 1.16 bits per heavy atom. The highest BCUT2D eigenvalue weighted by molar-refractivity contribution is 7.80. The molecular formula is C12H21NO5S. The minimum Gasteiger partial charge on any atom is -0.488 e. The summed E-state index contributed by atoms with van der Waals surface area (Å²) in [4.78, 5) is 0. The highest BCUT2D eigenvalue weighted by Gasteiger charge is 2.15. The summed E-state index contributed by atoms with van der Waals surface area (Å²) in [5.74, 6) is 0.685. The van der Waals surface area contributed by atoms with Crippen LogP contribution in [0.2, 0.25) is 0 Å². The Kier molecular flexibility index (Phi) is 5.95. The predicted octanol–water partition coefficient (Wildman–Crippen LogP) is 2.91. The van der Waals surface area contributed by atoms with Crippen LogP contribution in [-0.2, 0) is 14.6 Å². The zero-order chi connectivity index (χ0) is 14.0. The van der Waals surface area contributed by atoms with Crippen LogP contribution in [0, 0.1) is 0 Å². The average Bonchev–Trinajstić information content (AvgIpc) is 2.13. The lowest BCUT2D eigenvalue weighted by atomic mass is 10.1. The van der Waals surface area contributed by atoms with Gasteiger partial charge in [0.2, 0.25) is 0 Å². The summed E-state index contributed by atoms with van der Waals surface area (Å²) in [6.45, 7) is 7.34. The number of benzene rings is 1. The molecule has 0 spiro atoms. The van der Waals surface area contributed by atoms with Crippen molar-refractivity contribution in [2.45, 2.75) is 39.4 Å². The molecule has 0 bridgehead atoms. The number of rotatable bonds is 4. The van der Waals surface area contributed by atoms with Crippen molar-refractivity contribution in [1.82, 2.24) is 6.15 Å². The van der Waals surface area contributed by atoms with E-state index in [9.17, 15) is 8.42 Å². The fourth-order valence-corrected chi connectivity index (χ4v) is 1.87. The van der Waals surface area contributed by atoms with E-state index in [0.717, 1.165) is 0 Å². The summed E-state index contributed by atoms with van der Waals surface area (Å²) in [7, 11) is -4.44. The third-order valence-corrected chi connectivity index (χ3v) is 2.57. The van der Waals surface area contributed by atoms with Gasteiger partial charge in [0, 0.05) is 0 Å². The number of hydrogen-bond donors (Lipinski definition) is 2. The van der Waals surface area contributed by atoms with Gasteiger partial charge < -0.3 is 10.9 Å². The molecule has 1 atom stereocenters. The fourth-order valence-electron chi connectivity index (χ4n) is 1.40. The van der Waals surface area contributed by atoms with Crippen LogP contribution < -0.4 is 10.9 Å². The van der Waals surface area contributed by atoms with Gasteiger partial charge in [-0.05, 0) is 45.4 Å². The van der Waals surface area contributed by atoms with Gasteiger partial charge in [-0.1, -0.05) is 12.1 Å². The van der Waals surface area contributed by atoms with E-state index in [4.69, 9.17) is 9.29 Å². The minimum atomic E-state index is -4.44. The van der Waals surface area contributed by atoms with E-state index < -0.39 is 16.5 Å². The van der Waals surface area contributed by atoms with Crippen LogP contribution in [-0.4, -0.2) is 18.6 Å². The zero-order valence-electron chi connectivity index (χ0n) is 11.6. The van der Waals surface area contributed by atoms with Crippen molar-refractivity contribution in [3.8, 4) is 5.75 Å². The fraction of sp³-hybridized carbons (Fsp3) is 0.500. The van der Waals surface area contributed by atoms with Crippen LogP contribution in [0.4, 0.5) is 0 Å². The smallest absolute Gasteiger partial charge is 0.397 e. The molecule has 0 radical (unpaired) electrons. The monoisotopic (exact) mass is 291 g/mol. The van der Waals surface area contributed by atoms with Crippen molar-refractivity contribution in [1.29, 1.82) is 0 Å². The average molecular weight is 291 g/mol. The lowest BCUT2D eigenvalue weighted by Gasteiger charge is -2.21. The maximum absolute atomic E-state index is 10.6. The Balaban J connectivity index is 0.00000324. The van der Waals surface area contributed by atoms with E-state index in [1.54, 1.807) is 24.3 Å². The second-order valence-corrected chi connectivity index (χ2v) is 6.00. The van der Waals surface area contributed by atoms with Crippen molar-refractivity contribution in [2.24, 2.45) is 0 Å². The lowest BCUT2D eigenvalue weighted by Crippen LogP contribution is -2.22. The highest BCUT2D eigenvalue weighted by Crippen LogP contribution is 2.23. The van der Waals surface area contributed by atoms with Crippen LogP contribution in [0.25, 0.3) is 0 Å². The molecule has 7 heteroatoms. The molecule has 0 amide bonds. The third-order valence-electron chi connectivity index (χ3n) is 2.04. The summed E-state index contributed by atoms with van der Waals surface area (Å²) >= 11 is 0. The SMILES string of the molecule is CC(OS(=O)(=O)O)c1ccc(OC(C)(C)C)cc1.N. The molecule has 1 aromatic rings. The lowest BCUT2D eigenvalue weighted by molar-refractivity contribution is 0.131. The zero-order valence-corrected chi connectivity index (χ0v) is 12.4. The summed E-state index contributed by atoms with van der Waals surface area (Å²) in [6.07, 6.45) is -0.747. The van der Waals surface area contributed by atoms with Gasteiger partial charge in [-0.25, -0.2) is 4.18 Å². The molecule has 0 aliphatic carbocycles. The van der Waals surface area contributed by atoms with Crippen LogP contribution in [0.3, 0.4) is 0 Å². The molecular weight excluding hydrogens is 270 g/mol. The molecule has 0 saturated heterocycles. The van der Waals surface area contributed by atoms with Crippen LogP contribution in [0.5, 0.6) is 5.75 Å². The van der Waals surface area contributed by atoms with Crippen LogP contribution in [0.1, 0.15) is 39.4 Å². The molecule has 1 unspecified atom stereocenters. The maximum Gasteiger partial charge on any atom is 0.397 e. The van der Waals surface area contributed by atoms with Gasteiger partial charge in [0.25, 0.3) is 0 Å². The molecule has 0 fully saturated rings. The molecule has 110 valence electrons. The highest BCUT2D eigenvalue weighted by atomic mass is 32.3. The number of hydrogen-bond acceptors (Lipinski definition) is 5. The Morgan fingerprint density at radius 2 is 1.63 bits per heavy atom. The molecule has 1 rings (SSSR count). The summed E-state index contributed by atoms with van der Waals surface area (Å²) < 4.78 is 39.8. The first kappa shape index (κ1) is 17.8. The van der Waals surface area contributed by atoms with Crippen molar-refractivity contribution in [2.75, 3.05) is 0 Å². The van der Waals surface area contributed by atoms with Gasteiger partial charge in [0.1, 0.15) is 17.5 Å². The van der Waals surface area contributed by atoms with Crippen LogP contribution >= 0.6 is 0 Å². The Labute approximate surface area is 114 Å². The van der Waals surface area contributed by atoms with Crippen LogP contribution in [0.15, 0.2) is 24.3 Å². The molecule has 0 heterocycles. The minimum absolute atomic E-state index is 0. The van der Waals surface area contributed by atoms with Gasteiger partial charge in [-0.15, -0.1) is 0 Å². The van der Waals surface area contributed by atoms with Gasteiger partial charge in [-0.2, -0.15) is 8.42 Å². The predicted molar refractivity (Wildman–Crippen MR) is 72.9 cm³/mol. The molecule has 1 aromatic carbocycles. The Bertz CT molecular complexity index is 490. The summed E-state index contributed by atoms with van der Waals surface area (Å²) in [5.41, 5.74) is 0.340. The van der Waals surface area contributed by atoms with E-state index in [1.165, 1.54) is 6.92 Å². The normalized spacial score (nSPS) is 13.5. The third kappa shape index (κ3) is 7.12. The largest absolute Gasteiger partial charge is 0.488 e. The van der Waals surface area contributed by atoms with E-state index >= 15 is 0 Å². The number of ether oxygens (including phenoxy) is 1. The van der Waals surface area contributed by atoms with Gasteiger partial charge >= 0.3 is 10.4 Å². The Morgan fingerprint density at radius 3 is 2.00 bits per heavy atom. The van der Waals surface area contributed by atoms with E-state index in [0.29, 0.717) is 11.3 Å². The quantitative estimate of drug-likeness (QED) is 0.826. The van der Waals surface area contributed by atoms with Gasteiger partial charge in [0.15, 0.2) is 0 Å². The molecule has 0 aliphatic heterocycles. The van der Waals surface area contributed by atoms with Gasteiger partial charge in [-0.3, -0.25) is 4.55 Å². The second kappa shape index (κ2) is 6.33. The molecule has 0 saturated carbocycles. The molecule has 4 N–H and O–H groups in total. The first-order valence-electron chi connectivity index (χ1n) is 5.51.